The smallest absolute Gasteiger partial charge is 0.274 e. The second-order valence-corrected chi connectivity index (χ2v) is 10.2. The quantitative estimate of drug-likeness (QED) is 0.486. The number of hydrogen-bond donors (Lipinski definition) is 0. The molecule has 0 radical (unpaired) electrons. The highest BCUT2D eigenvalue weighted by Crippen LogP contribution is 2.23. The third kappa shape index (κ3) is 6.23. The summed E-state index contributed by atoms with van der Waals surface area (Å²) in [7, 11) is 0. The van der Waals surface area contributed by atoms with E-state index in [4.69, 9.17) is 9.15 Å². The Kier molecular flexibility index (Phi) is 7.19. The second-order valence-electron chi connectivity index (χ2n) is 9.26. The van der Waals surface area contributed by atoms with E-state index in [0.29, 0.717) is 25.3 Å². The lowest BCUT2D eigenvalue weighted by molar-refractivity contribution is 0.0752. The molecule has 0 unspecified atom stereocenters. The summed E-state index contributed by atoms with van der Waals surface area (Å²) in [6.07, 6.45) is 4.48. The minimum atomic E-state index is -0.0556. The van der Waals surface area contributed by atoms with Crippen LogP contribution in [0.2, 0.25) is 0 Å². The molecule has 33 heavy (non-hydrogen) atoms. The van der Waals surface area contributed by atoms with Crippen molar-refractivity contribution < 1.29 is 13.9 Å². The number of rotatable bonds is 6. The van der Waals surface area contributed by atoms with Crippen LogP contribution in [-0.4, -0.2) is 56.7 Å². The number of oxazole rings is 1. The van der Waals surface area contributed by atoms with Gasteiger partial charge in [-0.2, -0.15) is 5.10 Å². The topological polar surface area (TPSA) is 76.6 Å². The van der Waals surface area contributed by atoms with Crippen LogP contribution in [0.3, 0.4) is 0 Å². The molecule has 0 bridgehead atoms. The molecule has 9 heteroatoms. The fraction of sp³-hybridized carbons (Fsp3) is 0.458. The Morgan fingerprint density at radius 3 is 2.64 bits per heavy atom. The van der Waals surface area contributed by atoms with Gasteiger partial charge in [0.2, 0.25) is 5.89 Å². The van der Waals surface area contributed by atoms with E-state index in [9.17, 15) is 4.79 Å². The van der Waals surface area contributed by atoms with E-state index in [-0.39, 0.29) is 18.1 Å². The van der Waals surface area contributed by atoms with Crippen LogP contribution in [-0.2, 0) is 18.7 Å². The van der Waals surface area contributed by atoms with Gasteiger partial charge in [0.25, 0.3) is 5.91 Å². The van der Waals surface area contributed by atoms with Crippen molar-refractivity contribution >= 4 is 21.8 Å². The van der Waals surface area contributed by atoms with Gasteiger partial charge in [-0.3, -0.25) is 9.69 Å². The van der Waals surface area contributed by atoms with Crippen LogP contribution < -0.4 is 4.74 Å². The summed E-state index contributed by atoms with van der Waals surface area (Å²) >= 11 is 3.41. The molecule has 1 fully saturated rings. The lowest BCUT2D eigenvalue weighted by Crippen LogP contribution is -2.35. The van der Waals surface area contributed by atoms with E-state index in [2.05, 4.69) is 51.7 Å². The maximum Gasteiger partial charge on any atom is 0.274 e. The molecule has 3 aromatic rings. The van der Waals surface area contributed by atoms with E-state index in [1.165, 1.54) is 0 Å². The van der Waals surface area contributed by atoms with Crippen LogP contribution in [0.5, 0.6) is 5.75 Å². The molecule has 0 N–H and O–H groups in total. The zero-order valence-electron chi connectivity index (χ0n) is 19.3. The molecule has 0 atom stereocenters. The molecule has 0 aliphatic carbocycles. The van der Waals surface area contributed by atoms with Gasteiger partial charge in [-0.05, 0) is 36.8 Å². The SMILES string of the molecule is CC(C)(C)c1cnc(CN2CCCN(C(=O)c3ccn(COc4ccc(Br)cc4)n3)CC2)o1. The zero-order valence-corrected chi connectivity index (χ0v) is 20.9. The normalized spacial score (nSPS) is 15.5. The van der Waals surface area contributed by atoms with E-state index in [1.54, 1.807) is 16.9 Å². The van der Waals surface area contributed by atoms with Crippen molar-refractivity contribution in [2.75, 3.05) is 26.2 Å². The third-order valence-corrected chi connectivity index (χ3v) is 6.09. The Morgan fingerprint density at radius 2 is 1.91 bits per heavy atom. The monoisotopic (exact) mass is 515 g/mol. The van der Waals surface area contributed by atoms with Crippen molar-refractivity contribution in [1.82, 2.24) is 24.6 Å². The first-order valence-electron chi connectivity index (χ1n) is 11.2. The summed E-state index contributed by atoms with van der Waals surface area (Å²) < 4.78 is 14.3. The molecule has 1 saturated heterocycles. The highest BCUT2D eigenvalue weighted by atomic mass is 79.9. The Bertz CT molecular complexity index is 1070. The van der Waals surface area contributed by atoms with E-state index in [0.717, 1.165) is 41.4 Å². The minimum Gasteiger partial charge on any atom is -0.471 e. The number of benzene rings is 1. The highest BCUT2D eigenvalue weighted by molar-refractivity contribution is 9.10. The van der Waals surface area contributed by atoms with Crippen molar-refractivity contribution in [3.63, 3.8) is 0 Å². The number of amides is 1. The summed E-state index contributed by atoms with van der Waals surface area (Å²) in [5.74, 6) is 2.31. The molecular weight excluding hydrogens is 486 g/mol. The van der Waals surface area contributed by atoms with Gasteiger partial charge in [0.05, 0.1) is 12.7 Å². The second kappa shape index (κ2) is 10.1. The first-order chi connectivity index (χ1) is 15.8. The van der Waals surface area contributed by atoms with Crippen LogP contribution in [0.4, 0.5) is 0 Å². The van der Waals surface area contributed by atoms with Gasteiger partial charge in [0.15, 0.2) is 12.4 Å². The first-order valence-corrected chi connectivity index (χ1v) is 12.0. The number of hydrogen-bond acceptors (Lipinski definition) is 6. The molecule has 1 aromatic carbocycles. The number of ether oxygens (including phenoxy) is 1. The minimum absolute atomic E-state index is 0.0506. The first kappa shape index (κ1) is 23.5. The van der Waals surface area contributed by atoms with Crippen molar-refractivity contribution in [3.05, 3.63) is 64.5 Å². The fourth-order valence-corrected chi connectivity index (χ4v) is 3.90. The van der Waals surface area contributed by atoms with E-state index >= 15 is 0 Å². The van der Waals surface area contributed by atoms with Crippen molar-refractivity contribution in [1.29, 1.82) is 0 Å². The molecular formula is C24H30BrN5O3. The van der Waals surface area contributed by atoms with Crippen LogP contribution in [0, 0.1) is 0 Å². The van der Waals surface area contributed by atoms with Gasteiger partial charge in [0.1, 0.15) is 11.5 Å². The van der Waals surface area contributed by atoms with Crippen LogP contribution in [0.25, 0.3) is 0 Å². The van der Waals surface area contributed by atoms with Crippen molar-refractivity contribution in [3.8, 4) is 5.75 Å². The molecule has 1 amide bonds. The van der Waals surface area contributed by atoms with Gasteiger partial charge in [-0.25, -0.2) is 9.67 Å². The summed E-state index contributed by atoms with van der Waals surface area (Å²) in [4.78, 5) is 21.6. The predicted molar refractivity (Wildman–Crippen MR) is 128 cm³/mol. The maximum atomic E-state index is 13.0. The summed E-state index contributed by atoms with van der Waals surface area (Å²) in [6.45, 7) is 10.3. The Morgan fingerprint density at radius 1 is 1.12 bits per heavy atom. The zero-order chi connectivity index (χ0) is 23.4. The molecule has 8 nitrogen and oxygen atoms in total. The average Bonchev–Trinajstić information content (AvgIpc) is 3.39. The fourth-order valence-electron chi connectivity index (χ4n) is 3.63. The average molecular weight is 516 g/mol. The summed E-state index contributed by atoms with van der Waals surface area (Å²) in [5.41, 5.74) is 0.380. The molecule has 1 aliphatic rings. The number of nitrogens with zero attached hydrogens (tertiary/aromatic N) is 5. The molecule has 0 spiro atoms. The van der Waals surface area contributed by atoms with Crippen LogP contribution in [0.15, 0.2) is 51.6 Å². The maximum absolute atomic E-state index is 13.0. The molecule has 4 rings (SSSR count). The van der Waals surface area contributed by atoms with Crippen LogP contribution >= 0.6 is 15.9 Å². The van der Waals surface area contributed by atoms with Gasteiger partial charge < -0.3 is 14.1 Å². The molecule has 1 aliphatic heterocycles. The number of aromatic nitrogens is 3. The predicted octanol–water partition coefficient (Wildman–Crippen LogP) is 4.32. The third-order valence-electron chi connectivity index (χ3n) is 5.56. The van der Waals surface area contributed by atoms with Crippen molar-refractivity contribution in [2.45, 2.75) is 45.9 Å². The molecule has 2 aromatic heterocycles. The van der Waals surface area contributed by atoms with Gasteiger partial charge in [-0.15, -0.1) is 0 Å². The number of halogens is 1. The van der Waals surface area contributed by atoms with E-state index < -0.39 is 0 Å². The number of carbonyl (C=O) groups is 1. The van der Waals surface area contributed by atoms with Gasteiger partial charge >= 0.3 is 0 Å². The van der Waals surface area contributed by atoms with Crippen LogP contribution in [0.1, 0.15) is 49.3 Å². The van der Waals surface area contributed by atoms with Gasteiger partial charge in [-0.1, -0.05) is 36.7 Å². The molecule has 0 saturated carbocycles. The summed E-state index contributed by atoms with van der Waals surface area (Å²) in [6, 6.07) is 9.34. The largest absolute Gasteiger partial charge is 0.471 e. The Hall–Kier alpha value is -2.65. The summed E-state index contributed by atoms with van der Waals surface area (Å²) in [5, 5.41) is 4.41. The molecule has 3 heterocycles. The molecule has 176 valence electrons. The highest BCUT2D eigenvalue weighted by Gasteiger charge is 2.24. The van der Waals surface area contributed by atoms with Gasteiger partial charge in [0, 0.05) is 42.3 Å². The Labute approximate surface area is 202 Å². The lowest BCUT2D eigenvalue weighted by Gasteiger charge is -2.20. The lowest BCUT2D eigenvalue weighted by atomic mass is 9.94. The van der Waals surface area contributed by atoms with E-state index in [1.807, 2.05) is 35.4 Å². The Balaban J connectivity index is 1.29. The standard InChI is InChI=1S/C24H30BrN5O3/c1-24(2,3)21-15-26-22(33-21)16-28-10-4-11-29(14-13-28)23(31)20-9-12-30(27-20)17-32-19-7-5-18(25)6-8-19/h5-9,12,15H,4,10-11,13-14,16-17H2,1-3H3. The number of carbonyl (C=O) groups excluding carboxylic acids is 1. The van der Waals surface area contributed by atoms with Crippen molar-refractivity contribution in [2.24, 2.45) is 0 Å².